The molecule has 0 heterocycles. The van der Waals surface area contributed by atoms with Gasteiger partial charge in [0.25, 0.3) is 0 Å². The number of hydrogen-bond acceptors (Lipinski definition) is 1. The minimum absolute atomic E-state index is 0. The van der Waals surface area contributed by atoms with Gasteiger partial charge in [-0.05, 0) is 55.8 Å². The summed E-state index contributed by atoms with van der Waals surface area (Å²) in [5.74, 6) is 2.52. The third-order valence-electron chi connectivity index (χ3n) is 4.99. The first-order valence-electron chi connectivity index (χ1n) is 9.44. The van der Waals surface area contributed by atoms with E-state index in [1.807, 2.05) is 0 Å². The minimum Gasteiger partial charge on any atom is -0.358 e. The van der Waals surface area contributed by atoms with E-state index < -0.39 is 7.26 Å². The summed E-state index contributed by atoms with van der Waals surface area (Å²) in [6.45, 7) is 3.76. The molecule has 1 unspecified atom stereocenters. The van der Waals surface area contributed by atoms with Crippen LogP contribution in [-0.4, -0.2) is 5.78 Å². The number of Topliss-reactive ketones (excluding diaryl/α,β-unsaturated/α-hetero) is 1. The van der Waals surface area contributed by atoms with E-state index in [1.54, 1.807) is 6.92 Å². The maximum Gasteiger partial charge on any atom is 0.136 e. The van der Waals surface area contributed by atoms with Crippen LogP contribution in [0, 0.1) is 13.3 Å². The van der Waals surface area contributed by atoms with Gasteiger partial charge in [-0.25, -0.2) is 0 Å². The molecular formula is C26H29OP. The zero-order chi connectivity index (χ0) is 19.1. The Kier molecular flexibility index (Phi) is 7.91. The first-order chi connectivity index (χ1) is 13.2. The molecule has 3 aromatic carbocycles. The fourth-order valence-corrected chi connectivity index (χ4v) is 7.29. The Morgan fingerprint density at radius 2 is 1.14 bits per heavy atom. The van der Waals surface area contributed by atoms with E-state index >= 15 is 0 Å². The zero-order valence-corrected chi connectivity index (χ0v) is 17.8. The molecule has 0 saturated heterocycles. The molecule has 0 radical (unpaired) electrons. The summed E-state index contributed by atoms with van der Waals surface area (Å²) in [4.78, 5) is 12.1. The summed E-state index contributed by atoms with van der Waals surface area (Å²) in [5.41, 5.74) is 0. The average molecular weight is 388 g/mol. The van der Waals surface area contributed by atoms with Crippen LogP contribution in [0.1, 0.15) is 20.3 Å². The number of hydrogen-bond donors (Lipinski definition) is 0. The van der Waals surface area contributed by atoms with Gasteiger partial charge in [-0.1, -0.05) is 61.5 Å². The van der Waals surface area contributed by atoms with Crippen LogP contribution in [0.15, 0.2) is 103 Å². The third-order valence-corrected chi connectivity index (χ3v) is 8.95. The lowest BCUT2D eigenvalue weighted by molar-refractivity contribution is -0.119. The minimum atomic E-state index is -1.99. The van der Waals surface area contributed by atoms with Crippen molar-refractivity contribution in [3.05, 3.63) is 110 Å². The molecule has 3 rings (SSSR count). The molecule has 0 aliphatic rings. The fourth-order valence-electron chi connectivity index (χ4n) is 3.49. The van der Waals surface area contributed by atoms with Crippen LogP contribution in [-0.2, 0) is 4.79 Å². The average Bonchev–Trinajstić information content (AvgIpc) is 2.73. The highest BCUT2D eigenvalue weighted by atomic mass is 31.2. The number of ketones is 1. The van der Waals surface area contributed by atoms with Crippen LogP contribution >= 0.6 is 7.26 Å². The Morgan fingerprint density at radius 3 is 1.43 bits per heavy atom. The third kappa shape index (κ3) is 4.49. The predicted molar refractivity (Wildman–Crippen MR) is 125 cm³/mol. The van der Waals surface area contributed by atoms with Gasteiger partial charge < -0.3 is 7.43 Å². The molecule has 28 heavy (non-hydrogen) atoms. The summed E-state index contributed by atoms with van der Waals surface area (Å²) in [6, 6.07) is 32.1. The van der Waals surface area contributed by atoms with E-state index in [9.17, 15) is 4.79 Å². The van der Waals surface area contributed by atoms with Crippen molar-refractivity contribution in [2.24, 2.45) is 5.92 Å². The topological polar surface area (TPSA) is 17.1 Å². The normalized spacial score (nSPS) is 12.4. The number of carbonyl (C=O) groups is 1. The van der Waals surface area contributed by atoms with E-state index in [2.05, 4.69) is 110 Å². The molecule has 0 aliphatic carbocycles. The predicted octanol–water partition coefficient (Wildman–Crippen LogP) is 5.56. The Hall–Kier alpha value is -2.50. The smallest absolute Gasteiger partial charge is 0.136 e. The monoisotopic (exact) mass is 388 g/mol. The Morgan fingerprint density at radius 1 is 0.786 bits per heavy atom. The fraction of sp³-hybridized carbons (Fsp3) is 0.154. The van der Waals surface area contributed by atoms with Gasteiger partial charge in [0.05, 0.1) is 5.82 Å². The van der Waals surface area contributed by atoms with Gasteiger partial charge in [0.2, 0.25) is 0 Å². The molecule has 3 aromatic rings. The second-order valence-corrected chi connectivity index (χ2v) is 9.99. The van der Waals surface area contributed by atoms with Crippen molar-refractivity contribution in [2.45, 2.75) is 20.3 Å². The molecule has 0 spiro atoms. The van der Waals surface area contributed by atoms with E-state index in [1.165, 1.54) is 15.9 Å². The van der Waals surface area contributed by atoms with E-state index in [0.29, 0.717) is 0 Å². The molecule has 0 bridgehead atoms. The van der Waals surface area contributed by atoms with Crippen LogP contribution in [0.5, 0.6) is 0 Å². The van der Waals surface area contributed by atoms with E-state index in [0.717, 1.165) is 6.42 Å². The van der Waals surface area contributed by atoms with Crippen LogP contribution < -0.4 is 15.9 Å². The lowest BCUT2D eigenvalue weighted by Crippen LogP contribution is -2.29. The highest BCUT2D eigenvalue weighted by molar-refractivity contribution is 7.98. The largest absolute Gasteiger partial charge is 0.358 e. The van der Waals surface area contributed by atoms with Crippen LogP contribution in [0.25, 0.3) is 0 Å². The quantitative estimate of drug-likeness (QED) is 0.383. The highest BCUT2D eigenvalue weighted by Crippen LogP contribution is 2.57. The van der Waals surface area contributed by atoms with Gasteiger partial charge in [-0.15, -0.1) is 0 Å². The molecule has 0 aromatic heterocycles. The van der Waals surface area contributed by atoms with E-state index in [-0.39, 0.29) is 19.1 Å². The highest BCUT2D eigenvalue weighted by Gasteiger charge is 2.43. The molecule has 0 amide bonds. The van der Waals surface area contributed by atoms with Gasteiger partial charge in [0.15, 0.2) is 0 Å². The van der Waals surface area contributed by atoms with Crippen LogP contribution in [0.3, 0.4) is 0 Å². The number of carbonyl (C=O) groups excluding carboxylic acids is 1. The second kappa shape index (κ2) is 10.2. The SMILES string of the molecule is CCC(C=C[P+](c1ccccc1)(c1ccccc1)c1ccccc1)C(C)=O.[CH3-]. The second-order valence-electron chi connectivity index (χ2n) is 6.70. The summed E-state index contributed by atoms with van der Waals surface area (Å²) in [7, 11) is -1.99. The number of rotatable bonds is 7. The molecule has 0 N–H and O–H groups in total. The van der Waals surface area contributed by atoms with Gasteiger partial charge in [0.1, 0.15) is 29.0 Å². The first-order valence-corrected chi connectivity index (χ1v) is 11.3. The summed E-state index contributed by atoms with van der Waals surface area (Å²) < 4.78 is 0. The molecule has 1 atom stereocenters. The molecule has 0 fully saturated rings. The van der Waals surface area contributed by atoms with Crippen molar-refractivity contribution in [1.29, 1.82) is 0 Å². The van der Waals surface area contributed by atoms with Crippen molar-refractivity contribution in [3.8, 4) is 0 Å². The van der Waals surface area contributed by atoms with Gasteiger partial charge in [-0.3, -0.25) is 4.79 Å². The maximum absolute atomic E-state index is 12.1. The van der Waals surface area contributed by atoms with Crippen molar-refractivity contribution >= 4 is 29.0 Å². The number of allylic oxidation sites excluding steroid dienone is 1. The van der Waals surface area contributed by atoms with Crippen LogP contribution in [0.2, 0.25) is 0 Å². The molecular weight excluding hydrogens is 359 g/mol. The first kappa shape index (κ1) is 21.8. The molecule has 2 heteroatoms. The van der Waals surface area contributed by atoms with Gasteiger partial charge in [-0.2, -0.15) is 0 Å². The van der Waals surface area contributed by atoms with E-state index in [4.69, 9.17) is 0 Å². The zero-order valence-electron chi connectivity index (χ0n) is 17.0. The molecule has 0 aliphatic heterocycles. The standard InChI is InChI=1S/C25H26OP.CH3/c1-3-22(21(2)26)19-20-27(23-13-7-4-8-14-23,24-15-9-5-10-16-24)25-17-11-6-12-18-25;/h4-20,22H,3H2,1-2H3;1H3/q+1;-1. The van der Waals surface area contributed by atoms with Gasteiger partial charge >= 0.3 is 0 Å². The van der Waals surface area contributed by atoms with Crippen molar-refractivity contribution in [3.63, 3.8) is 0 Å². The summed E-state index contributed by atoms with van der Waals surface area (Å²) in [6.07, 6.45) is 2.97. The summed E-state index contributed by atoms with van der Waals surface area (Å²) >= 11 is 0. The summed E-state index contributed by atoms with van der Waals surface area (Å²) in [5, 5.41) is 3.91. The Bertz CT molecular complexity index is 789. The maximum atomic E-state index is 12.1. The Balaban J connectivity index is 0.00000280. The Labute approximate surface area is 170 Å². The molecule has 0 saturated carbocycles. The van der Waals surface area contributed by atoms with Crippen LogP contribution in [0.4, 0.5) is 0 Å². The van der Waals surface area contributed by atoms with Crippen molar-refractivity contribution in [1.82, 2.24) is 0 Å². The molecule has 144 valence electrons. The lowest BCUT2D eigenvalue weighted by atomic mass is 10.0. The van der Waals surface area contributed by atoms with Crippen molar-refractivity contribution in [2.75, 3.05) is 0 Å². The van der Waals surface area contributed by atoms with Crippen molar-refractivity contribution < 1.29 is 4.79 Å². The molecule has 1 nitrogen and oxygen atoms in total. The van der Waals surface area contributed by atoms with Gasteiger partial charge in [0, 0.05) is 5.92 Å². The lowest BCUT2D eigenvalue weighted by Gasteiger charge is -2.24. The number of benzene rings is 3.